The zero-order valence-electron chi connectivity index (χ0n) is 8.54. The highest BCUT2D eigenvalue weighted by Gasteiger charge is 2.04. The molecule has 0 radical (unpaired) electrons. The first kappa shape index (κ1) is 11.0. The van der Waals surface area contributed by atoms with E-state index in [1.54, 1.807) is 31.4 Å². The van der Waals surface area contributed by atoms with Crippen molar-refractivity contribution in [3.63, 3.8) is 0 Å². The molecular formula is C11H9BrFN3. The molecule has 0 unspecified atom stereocenters. The average Bonchev–Trinajstić information content (AvgIpc) is 2.33. The molecule has 0 saturated heterocycles. The van der Waals surface area contributed by atoms with Crippen molar-refractivity contribution in [1.82, 2.24) is 9.97 Å². The third-order valence-electron chi connectivity index (χ3n) is 2.09. The van der Waals surface area contributed by atoms with Crippen molar-refractivity contribution in [3.8, 4) is 11.3 Å². The van der Waals surface area contributed by atoms with E-state index in [-0.39, 0.29) is 5.82 Å². The molecule has 0 aliphatic carbocycles. The summed E-state index contributed by atoms with van der Waals surface area (Å²) in [6, 6.07) is 6.56. The van der Waals surface area contributed by atoms with Gasteiger partial charge in [-0.05, 0) is 40.2 Å². The number of nitrogens with zero attached hydrogens (tertiary/aromatic N) is 2. The van der Waals surface area contributed by atoms with Gasteiger partial charge in [0.25, 0.3) is 0 Å². The van der Waals surface area contributed by atoms with Crippen LogP contribution >= 0.6 is 15.9 Å². The predicted octanol–water partition coefficient (Wildman–Crippen LogP) is 3.09. The van der Waals surface area contributed by atoms with Gasteiger partial charge in [-0.2, -0.15) is 0 Å². The molecule has 0 saturated carbocycles. The first-order valence-electron chi connectivity index (χ1n) is 4.67. The van der Waals surface area contributed by atoms with E-state index in [2.05, 4.69) is 31.2 Å². The van der Waals surface area contributed by atoms with Crippen molar-refractivity contribution < 1.29 is 4.39 Å². The summed E-state index contributed by atoms with van der Waals surface area (Å²) in [7, 11) is 1.75. The van der Waals surface area contributed by atoms with Gasteiger partial charge in [0.1, 0.15) is 5.82 Å². The van der Waals surface area contributed by atoms with Crippen LogP contribution in [0.15, 0.2) is 34.9 Å². The van der Waals surface area contributed by atoms with Crippen LogP contribution in [0.4, 0.5) is 10.3 Å². The molecule has 1 N–H and O–H groups in total. The molecule has 1 heterocycles. The average molecular weight is 282 g/mol. The van der Waals surface area contributed by atoms with Crippen LogP contribution in [0.3, 0.4) is 0 Å². The van der Waals surface area contributed by atoms with E-state index in [4.69, 9.17) is 0 Å². The van der Waals surface area contributed by atoms with Gasteiger partial charge in [0.15, 0.2) is 0 Å². The summed E-state index contributed by atoms with van der Waals surface area (Å²) in [6.07, 6.45) is 1.66. The lowest BCUT2D eigenvalue weighted by atomic mass is 10.1. The fraction of sp³-hybridized carbons (Fsp3) is 0.0909. The topological polar surface area (TPSA) is 37.8 Å². The zero-order valence-corrected chi connectivity index (χ0v) is 10.1. The molecule has 16 heavy (non-hydrogen) atoms. The summed E-state index contributed by atoms with van der Waals surface area (Å²) in [6.45, 7) is 0. The van der Waals surface area contributed by atoms with Crippen LogP contribution in [0, 0.1) is 5.82 Å². The van der Waals surface area contributed by atoms with Crippen LogP contribution in [-0.2, 0) is 0 Å². The van der Waals surface area contributed by atoms with Gasteiger partial charge in [-0.3, -0.25) is 0 Å². The van der Waals surface area contributed by atoms with Crippen LogP contribution in [0.2, 0.25) is 0 Å². The molecule has 1 aromatic heterocycles. The SMILES string of the molecule is CNc1nccc(-c2ccc(F)c(Br)c2)n1. The highest BCUT2D eigenvalue weighted by Crippen LogP contribution is 2.23. The van der Waals surface area contributed by atoms with Gasteiger partial charge >= 0.3 is 0 Å². The maximum absolute atomic E-state index is 13.1. The Balaban J connectivity index is 2.46. The minimum atomic E-state index is -0.286. The Bertz CT molecular complexity index is 516. The fourth-order valence-electron chi connectivity index (χ4n) is 1.30. The lowest BCUT2D eigenvalue weighted by Crippen LogP contribution is -1.96. The number of anilines is 1. The molecule has 2 rings (SSSR count). The van der Waals surface area contributed by atoms with Crippen molar-refractivity contribution in [1.29, 1.82) is 0 Å². The highest BCUT2D eigenvalue weighted by atomic mass is 79.9. The summed E-state index contributed by atoms with van der Waals surface area (Å²) in [5.41, 5.74) is 1.59. The van der Waals surface area contributed by atoms with Crippen LogP contribution in [0.25, 0.3) is 11.3 Å². The number of nitrogens with one attached hydrogen (secondary N) is 1. The third kappa shape index (κ3) is 2.19. The van der Waals surface area contributed by atoms with Gasteiger partial charge in [-0.25, -0.2) is 14.4 Å². The molecule has 82 valence electrons. The smallest absolute Gasteiger partial charge is 0.222 e. The number of aromatic nitrogens is 2. The lowest BCUT2D eigenvalue weighted by Gasteiger charge is -2.04. The van der Waals surface area contributed by atoms with Gasteiger partial charge in [0.2, 0.25) is 5.95 Å². The second-order valence-electron chi connectivity index (χ2n) is 3.14. The monoisotopic (exact) mass is 281 g/mol. The largest absolute Gasteiger partial charge is 0.357 e. The molecular weight excluding hydrogens is 273 g/mol. The Hall–Kier alpha value is -1.49. The van der Waals surface area contributed by atoms with Gasteiger partial charge in [0, 0.05) is 18.8 Å². The van der Waals surface area contributed by atoms with Gasteiger partial charge < -0.3 is 5.32 Å². The molecule has 0 spiro atoms. The summed E-state index contributed by atoms with van der Waals surface area (Å²) in [4.78, 5) is 8.28. The maximum atomic E-state index is 13.1. The first-order chi connectivity index (χ1) is 7.70. The van der Waals surface area contributed by atoms with Crippen molar-refractivity contribution in [3.05, 3.63) is 40.8 Å². The second kappa shape index (κ2) is 4.57. The predicted molar refractivity (Wildman–Crippen MR) is 64.7 cm³/mol. The third-order valence-corrected chi connectivity index (χ3v) is 2.70. The van der Waals surface area contributed by atoms with Crippen LogP contribution in [0.5, 0.6) is 0 Å². The van der Waals surface area contributed by atoms with Gasteiger partial charge in [-0.1, -0.05) is 0 Å². The van der Waals surface area contributed by atoms with Crippen molar-refractivity contribution in [2.45, 2.75) is 0 Å². The molecule has 3 nitrogen and oxygen atoms in total. The Labute approximate surface area is 101 Å². The Morgan fingerprint density at radius 1 is 1.31 bits per heavy atom. The zero-order chi connectivity index (χ0) is 11.5. The van der Waals surface area contributed by atoms with Crippen LogP contribution in [-0.4, -0.2) is 17.0 Å². The molecule has 2 aromatic rings. The van der Waals surface area contributed by atoms with E-state index in [1.165, 1.54) is 6.07 Å². The molecule has 0 atom stereocenters. The minimum absolute atomic E-state index is 0.286. The van der Waals surface area contributed by atoms with Crippen LogP contribution < -0.4 is 5.32 Å². The van der Waals surface area contributed by atoms with Crippen molar-refractivity contribution >= 4 is 21.9 Å². The van der Waals surface area contributed by atoms with E-state index < -0.39 is 0 Å². The summed E-state index contributed by atoms with van der Waals surface area (Å²) in [5, 5.41) is 2.86. The number of rotatable bonds is 2. The van der Waals surface area contributed by atoms with Crippen LogP contribution in [0.1, 0.15) is 0 Å². The molecule has 0 aliphatic heterocycles. The fourth-order valence-corrected chi connectivity index (χ4v) is 1.67. The number of hydrogen-bond donors (Lipinski definition) is 1. The summed E-state index contributed by atoms with van der Waals surface area (Å²) < 4.78 is 13.5. The highest BCUT2D eigenvalue weighted by molar-refractivity contribution is 9.10. The van der Waals surface area contributed by atoms with Gasteiger partial charge in [-0.15, -0.1) is 0 Å². The Morgan fingerprint density at radius 3 is 2.81 bits per heavy atom. The lowest BCUT2D eigenvalue weighted by molar-refractivity contribution is 0.621. The normalized spacial score (nSPS) is 10.2. The number of halogens is 2. The Kier molecular flexibility index (Phi) is 3.14. The summed E-state index contributed by atoms with van der Waals surface area (Å²) >= 11 is 3.14. The van der Waals surface area contributed by atoms with E-state index in [0.29, 0.717) is 10.4 Å². The van der Waals surface area contributed by atoms with E-state index >= 15 is 0 Å². The Morgan fingerprint density at radius 2 is 2.12 bits per heavy atom. The van der Waals surface area contributed by atoms with Gasteiger partial charge in [0.05, 0.1) is 10.2 Å². The number of benzene rings is 1. The molecule has 0 fully saturated rings. The molecule has 0 aliphatic rings. The molecule has 5 heteroatoms. The van der Waals surface area contributed by atoms with E-state index in [0.717, 1.165) is 11.3 Å². The molecule has 0 bridgehead atoms. The number of hydrogen-bond acceptors (Lipinski definition) is 3. The standard InChI is InChI=1S/C11H9BrFN3/c1-14-11-15-5-4-10(16-11)7-2-3-9(13)8(12)6-7/h2-6H,1H3,(H,14,15,16). The maximum Gasteiger partial charge on any atom is 0.222 e. The molecule has 0 amide bonds. The van der Waals surface area contributed by atoms with Crippen molar-refractivity contribution in [2.75, 3.05) is 12.4 Å². The minimum Gasteiger partial charge on any atom is -0.357 e. The van der Waals surface area contributed by atoms with E-state index in [9.17, 15) is 4.39 Å². The second-order valence-corrected chi connectivity index (χ2v) is 4.00. The van der Waals surface area contributed by atoms with E-state index in [1.807, 2.05) is 0 Å². The van der Waals surface area contributed by atoms with Crippen molar-refractivity contribution in [2.24, 2.45) is 0 Å². The first-order valence-corrected chi connectivity index (χ1v) is 5.46. The summed E-state index contributed by atoms with van der Waals surface area (Å²) in [5.74, 6) is 0.254. The quantitative estimate of drug-likeness (QED) is 0.919. The molecule has 1 aromatic carbocycles.